The van der Waals surface area contributed by atoms with Gasteiger partial charge in [-0.2, -0.15) is 4.31 Å². The Bertz CT molecular complexity index is 641. The second-order valence-electron chi connectivity index (χ2n) is 4.70. The third-order valence-electron chi connectivity index (χ3n) is 3.14. The molecule has 2 rings (SSSR count). The highest BCUT2D eigenvalue weighted by Gasteiger charge is 2.40. The van der Waals surface area contributed by atoms with Gasteiger partial charge in [-0.05, 0) is 19.1 Å². The molecule has 1 fully saturated rings. The molecule has 5 nitrogen and oxygen atoms in total. The number of sulfonamides is 1. The fourth-order valence-electron chi connectivity index (χ4n) is 1.96. The first-order valence-corrected chi connectivity index (χ1v) is 8.62. The molecule has 21 heavy (non-hydrogen) atoms. The maximum atomic E-state index is 12.5. The molecule has 1 amide bonds. The Morgan fingerprint density at radius 1 is 1.14 bits per heavy atom. The Morgan fingerprint density at radius 3 is 2.24 bits per heavy atom. The van der Waals surface area contributed by atoms with Gasteiger partial charge >= 0.3 is 0 Å². The minimum atomic E-state index is -3.66. The van der Waals surface area contributed by atoms with Crippen LogP contribution in [0.25, 0.3) is 0 Å². The van der Waals surface area contributed by atoms with Crippen molar-refractivity contribution in [3.63, 3.8) is 0 Å². The Balaban J connectivity index is 2.17. The Labute approximate surface area is 138 Å². The van der Waals surface area contributed by atoms with Crippen LogP contribution < -0.4 is 0 Å². The summed E-state index contributed by atoms with van der Waals surface area (Å²) >= 11 is 16.6. The molecule has 1 saturated heterocycles. The van der Waals surface area contributed by atoms with Gasteiger partial charge in [-0.15, -0.1) is 0 Å². The normalized spacial score (nSPS) is 17.2. The lowest BCUT2D eigenvalue weighted by atomic mass is 10.2. The van der Waals surface area contributed by atoms with Crippen LogP contribution in [0.4, 0.5) is 0 Å². The first-order valence-electron chi connectivity index (χ1n) is 6.05. The van der Waals surface area contributed by atoms with Gasteiger partial charge in [0.1, 0.15) is 0 Å². The molecule has 0 radical (unpaired) electrons. The number of amides is 1. The number of carbonyl (C=O) groups excluding carboxylic acids is 1. The summed E-state index contributed by atoms with van der Waals surface area (Å²) in [6, 6.07) is 6.49. The minimum absolute atomic E-state index is 0.122. The molecule has 1 aromatic carbocycles. The van der Waals surface area contributed by atoms with Gasteiger partial charge in [0.15, 0.2) is 0 Å². The van der Waals surface area contributed by atoms with Gasteiger partial charge in [0, 0.05) is 13.1 Å². The number of halogens is 3. The van der Waals surface area contributed by atoms with E-state index >= 15 is 0 Å². The molecule has 0 unspecified atom stereocenters. The highest BCUT2D eigenvalue weighted by atomic mass is 35.6. The highest BCUT2D eigenvalue weighted by Crippen LogP contribution is 2.30. The number of alkyl halides is 3. The number of hydrogen-bond donors (Lipinski definition) is 0. The van der Waals surface area contributed by atoms with Crippen LogP contribution in [-0.2, 0) is 14.8 Å². The molecule has 0 atom stereocenters. The van der Waals surface area contributed by atoms with Gasteiger partial charge in [0.25, 0.3) is 9.70 Å². The minimum Gasteiger partial charge on any atom is -0.324 e. The van der Waals surface area contributed by atoms with Gasteiger partial charge in [-0.1, -0.05) is 52.5 Å². The summed E-state index contributed by atoms with van der Waals surface area (Å²) in [5.74, 6) is -0.728. The van der Waals surface area contributed by atoms with Crippen molar-refractivity contribution in [2.75, 3.05) is 19.8 Å². The summed E-state index contributed by atoms with van der Waals surface area (Å²) < 4.78 is 24.0. The van der Waals surface area contributed by atoms with Crippen LogP contribution in [0.5, 0.6) is 0 Å². The largest absolute Gasteiger partial charge is 0.324 e. The third-order valence-corrected chi connectivity index (χ3v) is 5.47. The number of nitrogens with zero attached hydrogens (tertiary/aromatic N) is 2. The molecule has 1 heterocycles. The van der Waals surface area contributed by atoms with Crippen molar-refractivity contribution < 1.29 is 13.2 Å². The lowest BCUT2D eigenvalue weighted by Gasteiger charge is -2.21. The smallest absolute Gasteiger partial charge is 0.275 e. The predicted molar refractivity (Wildman–Crippen MR) is 81.9 cm³/mol. The summed E-state index contributed by atoms with van der Waals surface area (Å²) in [5.41, 5.74) is 0.961. The predicted octanol–water partition coefficient (Wildman–Crippen LogP) is 2.16. The number of aryl methyl sites for hydroxylation is 1. The fourth-order valence-corrected chi connectivity index (χ4v) is 3.71. The quantitative estimate of drug-likeness (QED) is 0.749. The van der Waals surface area contributed by atoms with Crippen LogP contribution in [0.3, 0.4) is 0 Å². The van der Waals surface area contributed by atoms with Crippen LogP contribution in [-0.4, -0.2) is 47.1 Å². The van der Waals surface area contributed by atoms with E-state index in [0.717, 1.165) is 5.56 Å². The van der Waals surface area contributed by atoms with Gasteiger partial charge in [0.2, 0.25) is 10.0 Å². The molecule has 0 aromatic heterocycles. The van der Waals surface area contributed by atoms with Gasteiger partial charge < -0.3 is 4.90 Å². The van der Waals surface area contributed by atoms with Crippen LogP contribution in [0.1, 0.15) is 5.56 Å². The summed E-state index contributed by atoms with van der Waals surface area (Å²) in [7, 11) is -3.66. The number of carbonyl (C=O) groups is 1. The zero-order chi connectivity index (χ0) is 15.8. The van der Waals surface area contributed by atoms with Crippen LogP contribution in [0.15, 0.2) is 29.2 Å². The van der Waals surface area contributed by atoms with Crippen molar-refractivity contribution >= 4 is 50.7 Å². The summed E-state index contributed by atoms with van der Waals surface area (Å²) in [6.07, 6.45) is 0. The molecule has 9 heteroatoms. The van der Waals surface area contributed by atoms with E-state index in [1.807, 2.05) is 6.92 Å². The number of benzene rings is 1. The van der Waals surface area contributed by atoms with E-state index in [-0.39, 0.29) is 24.7 Å². The Morgan fingerprint density at radius 2 is 1.71 bits per heavy atom. The Kier molecular flexibility index (Phi) is 4.75. The maximum absolute atomic E-state index is 12.5. The monoisotopic (exact) mass is 370 g/mol. The Hall–Kier alpha value is -0.530. The molecule has 1 aliphatic heterocycles. The fraction of sp³-hybridized carbons (Fsp3) is 0.417. The van der Waals surface area contributed by atoms with Crippen LogP contribution in [0.2, 0.25) is 0 Å². The molecule has 116 valence electrons. The van der Waals surface area contributed by atoms with Crippen LogP contribution >= 0.6 is 34.8 Å². The second kappa shape index (κ2) is 5.93. The second-order valence-corrected chi connectivity index (χ2v) is 8.92. The van der Waals surface area contributed by atoms with Gasteiger partial charge in [-0.25, -0.2) is 8.42 Å². The van der Waals surface area contributed by atoms with E-state index in [0.29, 0.717) is 0 Å². The van der Waals surface area contributed by atoms with E-state index in [4.69, 9.17) is 34.8 Å². The topological polar surface area (TPSA) is 57.7 Å². The van der Waals surface area contributed by atoms with Gasteiger partial charge in [0.05, 0.1) is 11.6 Å². The molecule has 0 bridgehead atoms. The number of hydrogen-bond acceptors (Lipinski definition) is 3. The maximum Gasteiger partial charge on any atom is 0.275 e. The third kappa shape index (κ3) is 3.63. The van der Waals surface area contributed by atoms with E-state index in [2.05, 4.69) is 0 Å². The van der Waals surface area contributed by atoms with Gasteiger partial charge in [-0.3, -0.25) is 4.79 Å². The molecule has 0 aliphatic carbocycles. The van der Waals surface area contributed by atoms with Crippen molar-refractivity contribution in [1.29, 1.82) is 0 Å². The van der Waals surface area contributed by atoms with Crippen molar-refractivity contribution in [3.05, 3.63) is 29.8 Å². The summed E-state index contributed by atoms with van der Waals surface area (Å²) in [6.45, 7) is 2.11. The van der Waals surface area contributed by atoms with Crippen molar-refractivity contribution in [2.24, 2.45) is 0 Å². The lowest BCUT2D eigenvalue weighted by molar-refractivity contribution is -0.129. The van der Waals surface area contributed by atoms with E-state index < -0.39 is 19.7 Å². The molecular weight excluding hydrogens is 359 g/mol. The average Bonchev–Trinajstić information content (AvgIpc) is 2.87. The van der Waals surface area contributed by atoms with E-state index in [1.54, 1.807) is 12.1 Å². The molecule has 1 aliphatic rings. The first kappa shape index (κ1) is 16.8. The zero-order valence-corrected chi connectivity index (χ0v) is 14.2. The first-order chi connectivity index (χ1) is 9.62. The van der Waals surface area contributed by atoms with Crippen molar-refractivity contribution in [1.82, 2.24) is 9.21 Å². The standard InChI is InChI=1S/C12H13Cl3N2O3S/c1-9-2-4-10(5-3-9)21(19,20)17-7-6-16(8-17)11(18)12(13,14)15/h2-5H,6-8H2,1H3. The molecular formula is C12H13Cl3N2O3S. The summed E-state index contributed by atoms with van der Waals surface area (Å²) in [5, 5.41) is 0. The molecule has 0 spiro atoms. The molecule has 1 aromatic rings. The molecule has 0 saturated carbocycles. The van der Waals surface area contributed by atoms with Crippen LogP contribution in [0, 0.1) is 6.92 Å². The summed E-state index contributed by atoms with van der Waals surface area (Å²) in [4.78, 5) is 13.2. The van der Waals surface area contributed by atoms with E-state index in [9.17, 15) is 13.2 Å². The zero-order valence-electron chi connectivity index (χ0n) is 11.1. The highest BCUT2D eigenvalue weighted by molar-refractivity contribution is 7.89. The number of rotatable bonds is 2. The van der Waals surface area contributed by atoms with Crippen molar-refractivity contribution in [3.8, 4) is 0 Å². The van der Waals surface area contributed by atoms with Crippen molar-refractivity contribution in [2.45, 2.75) is 15.6 Å². The molecule has 0 N–H and O–H groups in total. The SMILES string of the molecule is Cc1ccc(S(=O)(=O)N2CCN(C(=O)C(Cl)(Cl)Cl)C2)cc1. The average molecular weight is 372 g/mol. The van der Waals surface area contributed by atoms with E-state index in [1.165, 1.54) is 21.3 Å². The lowest BCUT2D eigenvalue weighted by Crippen LogP contribution is -2.39.